The Morgan fingerprint density at radius 3 is 2.24 bits per heavy atom. The highest BCUT2D eigenvalue weighted by Crippen LogP contribution is 2.24. The average Bonchev–Trinajstić information content (AvgIpc) is 3.33. The van der Waals surface area contributed by atoms with Gasteiger partial charge in [-0.3, -0.25) is 14.6 Å². The predicted octanol–water partition coefficient (Wildman–Crippen LogP) is 2.99. The quantitative estimate of drug-likeness (QED) is 0.673. The molecule has 1 aliphatic rings. The molecule has 4 rings (SSSR count). The zero-order valence-electron chi connectivity index (χ0n) is 16.1. The molecule has 148 valence electrons. The molecular weight excluding hydrogens is 366 g/mol. The van der Waals surface area contributed by atoms with Crippen molar-refractivity contribution in [3.8, 4) is 0 Å². The first kappa shape index (κ1) is 18.9. The summed E-state index contributed by atoms with van der Waals surface area (Å²) in [5, 5.41) is 0. The van der Waals surface area contributed by atoms with Crippen LogP contribution in [0.2, 0.25) is 0 Å². The molecule has 0 aliphatic carbocycles. The molecule has 0 radical (unpaired) electrons. The standard InChI is InChI=1S/C23H23N3O3/c27-22(25-12-14-26(15-13-25)23(28)21-7-4-16-29-21)20(19-5-2-1-3-6-19)17-18-8-10-24-11-9-18/h1-11,16,20H,12-15,17H2. The highest BCUT2D eigenvalue weighted by Gasteiger charge is 2.30. The third-order valence-electron chi connectivity index (χ3n) is 5.30. The number of aromatic nitrogens is 1. The normalized spacial score (nSPS) is 15.2. The molecule has 0 N–H and O–H groups in total. The molecule has 6 nitrogen and oxygen atoms in total. The van der Waals surface area contributed by atoms with Crippen LogP contribution in [-0.4, -0.2) is 52.8 Å². The minimum absolute atomic E-state index is 0.0955. The summed E-state index contributed by atoms with van der Waals surface area (Å²) in [5.41, 5.74) is 2.08. The van der Waals surface area contributed by atoms with Gasteiger partial charge in [0.05, 0.1) is 12.2 Å². The van der Waals surface area contributed by atoms with Crippen molar-refractivity contribution in [1.82, 2.24) is 14.8 Å². The summed E-state index contributed by atoms with van der Waals surface area (Å²) in [4.78, 5) is 33.5. The van der Waals surface area contributed by atoms with Crippen LogP contribution in [0, 0.1) is 0 Å². The van der Waals surface area contributed by atoms with E-state index < -0.39 is 0 Å². The first-order valence-electron chi connectivity index (χ1n) is 9.78. The van der Waals surface area contributed by atoms with Crippen LogP contribution in [0.5, 0.6) is 0 Å². The van der Waals surface area contributed by atoms with Crippen molar-refractivity contribution in [3.63, 3.8) is 0 Å². The molecular formula is C23H23N3O3. The van der Waals surface area contributed by atoms with E-state index in [1.807, 2.05) is 47.4 Å². The van der Waals surface area contributed by atoms with Crippen LogP contribution in [0.1, 0.15) is 27.6 Å². The third kappa shape index (κ3) is 4.37. The number of amides is 2. The largest absolute Gasteiger partial charge is 0.459 e. The van der Waals surface area contributed by atoms with Gasteiger partial charge < -0.3 is 14.2 Å². The monoisotopic (exact) mass is 389 g/mol. The zero-order valence-corrected chi connectivity index (χ0v) is 16.1. The Labute approximate surface area is 169 Å². The summed E-state index contributed by atoms with van der Waals surface area (Å²) >= 11 is 0. The number of furan rings is 1. The second kappa shape index (κ2) is 8.73. The van der Waals surface area contributed by atoms with Crippen LogP contribution in [0.15, 0.2) is 77.7 Å². The van der Waals surface area contributed by atoms with Crippen LogP contribution in [0.25, 0.3) is 0 Å². The minimum atomic E-state index is -0.258. The van der Waals surface area contributed by atoms with E-state index in [9.17, 15) is 9.59 Å². The number of hydrogen-bond acceptors (Lipinski definition) is 4. The fourth-order valence-corrected chi connectivity index (χ4v) is 3.69. The van der Waals surface area contributed by atoms with E-state index >= 15 is 0 Å². The molecule has 3 aromatic rings. The fraction of sp³-hybridized carbons (Fsp3) is 0.261. The molecule has 6 heteroatoms. The van der Waals surface area contributed by atoms with Gasteiger partial charge >= 0.3 is 0 Å². The first-order chi connectivity index (χ1) is 14.2. The summed E-state index contributed by atoms with van der Waals surface area (Å²) < 4.78 is 5.21. The lowest BCUT2D eigenvalue weighted by atomic mass is 9.91. The third-order valence-corrected chi connectivity index (χ3v) is 5.30. The van der Waals surface area contributed by atoms with Crippen molar-refractivity contribution in [1.29, 1.82) is 0 Å². The number of nitrogens with zero attached hydrogens (tertiary/aromatic N) is 3. The maximum Gasteiger partial charge on any atom is 0.289 e. The van der Waals surface area contributed by atoms with Crippen molar-refractivity contribution >= 4 is 11.8 Å². The van der Waals surface area contributed by atoms with Crippen LogP contribution >= 0.6 is 0 Å². The maximum atomic E-state index is 13.4. The molecule has 1 atom stereocenters. The topological polar surface area (TPSA) is 66.7 Å². The Morgan fingerprint density at radius 1 is 0.897 bits per heavy atom. The van der Waals surface area contributed by atoms with Gasteiger partial charge in [0.25, 0.3) is 5.91 Å². The fourth-order valence-electron chi connectivity index (χ4n) is 3.69. The SMILES string of the molecule is O=C(c1ccco1)N1CCN(C(=O)C(Cc2ccncc2)c2ccccc2)CC1. The van der Waals surface area contributed by atoms with Crippen LogP contribution in [0.3, 0.4) is 0 Å². The average molecular weight is 389 g/mol. The van der Waals surface area contributed by atoms with Gasteiger partial charge in [0.2, 0.25) is 5.91 Å². The van der Waals surface area contributed by atoms with E-state index in [0.29, 0.717) is 38.4 Å². The Morgan fingerprint density at radius 2 is 1.59 bits per heavy atom. The van der Waals surface area contributed by atoms with Crippen LogP contribution in [0.4, 0.5) is 0 Å². The Kier molecular flexibility index (Phi) is 5.70. The summed E-state index contributed by atoms with van der Waals surface area (Å²) in [7, 11) is 0. The lowest BCUT2D eigenvalue weighted by molar-refractivity contribution is -0.134. The Balaban J connectivity index is 1.46. The van der Waals surface area contributed by atoms with Gasteiger partial charge in [-0.15, -0.1) is 0 Å². The van der Waals surface area contributed by atoms with Gasteiger partial charge in [-0.1, -0.05) is 30.3 Å². The lowest BCUT2D eigenvalue weighted by Gasteiger charge is -2.36. The first-order valence-corrected chi connectivity index (χ1v) is 9.78. The Hall–Kier alpha value is -3.41. The van der Waals surface area contributed by atoms with Crippen molar-refractivity contribution in [2.75, 3.05) is 26.2 Å². The number of hydrogen-bond donors (Lipinski definition) is 0. The summed E-state index contributed by atoms with van der Waals surface area (Å²) in [6.07, 6.45) is 5.62. The molecule has 1 aliphatic heterocycles. The highest BCUT2D eigenvalue weighted by atomic mass is 16.3. The second-order valence-corrected chi connectivity index (χ2v) is 7.12. The number of carbonyl (C=O) groups is 2. The summed E-state index contributed by atoms with van der Waals surface area (Å²) in [5.74, 6) is 0.0483. The number of piperazine rings is 1. The molecule has 2 aromatic heterocycles. The van der Waals surface area contributed by atoms with Crippen molar-refractivity contribution in [3.05, 3.63) is 90.1 Å². The van der Waals surface area contributed by atoms with Gasteiger partial charge in [-0.2, -0.15) is 0 Å². The van der Waals surface area contributed by atoms with Gasteiger partial charge in [0.1, 0.15) is 0 Å². The molecule has 0 bridgehead atoms. The van der Waals surface area contributed by atoms with Gasteiger partial charge in [0, 0.05) is 38.6 Å². The number of benzene rings is 1. The van der Waals surface area contributed by atoms with E-state index in [1.54, 1.807) is 29.4 Å². The van der Waals surface area contributed by atoms with Crippen LogP contribution < -0.4 is 0 Å². The zero-order chi connectivity index (χ0) is 20.1. The molecule has 0 saturated carbocycles. The summed E-state index contributed by atoms with van der Waals surface area (Å²) in [6.45, 7) is 2.04. The number of carbonyl (C=O) groups excluding carboxylic acids is 2. The smallest absolute Gasteiger partial charge is 0.289 e. The van der Waals surface area contributed by atoms with Gasteiger partial charge in [-0.05, 0) is 41.8 Å². The van der Waals surface area contributed by atoms with E-state index in [4.69, 9.17) is 4.42 Å². The molecule has 3 heterocycles. The van der Waals surface area contributed by atoms with Crippen molar-refractivity contribution in [2.24, 2.45) is 0 Å². The molecule has 1 unspecified atom stereocenters. The predicted molar refractivity (Wildman–Crippen MR) is 108 cm³/mol. The van der Waals surface area contributed by atoms with E-state index in [-0.39, 0.29) is 17.7 Å². The highest BCUT2D eigenvalue weighted by molar-refractivity contribution is 5.91. The maximum absolute atomic E-state index is 13.4. The van der Waals surface area contributed by atoms with E-state index in [0.717, 1.165) is 11.1 Å². The number of rotatable bonds is 5. The van der Waals surface area contributed by atoms with Crippen LogP contribution in [-0.2, 0) is 11.2 Å². The molecule has 1 saturated heterocycles. The van der Waals surface area contributed by atoms with Crippen molar-refractivity contribution < 1.29 is 14.0 Å². The Bertz CT molecular complexity index is 934. The lowest BCUT2D eigenvalue weighted by Crippen LogP contribution is -2.51. The minimum Gasteiger partial charge on any atom is -0.459 e. The van der Waals surface area contributed by atoms with E-state index in [2.05, 4.69) is 4.98 Å². The second-order valence-electron chi connectivity index (χ2n) is 7.12. The van der Waals surface area contributed by atoms with Gasteiger partial charge in [0.15, 0.2) is 5.76 Å². The molecule has 0 spiro atoms. The van der Waals surface area contributed by atoms with E-state index in [1.165, 1.54) is 6.26 Å². The molecule has 29 heavy (non-hydrogen) atoms. The molecule has 1 fully saturated rings. The molecule has 2 amide bonds. The molecule has 1 aromatic carbocycles. The number of pyridine rings is 1. The van der Waals surface area contributed by atoms with Gasteiger partial charge in [-0.25, -0.2) is 0 Å². The van der Waals surface area contributed by atoms with Crippen molar-refractivity contribution in [2.45, 2.75) is 12.3 Å². The summed E-state index contributed by atoms with van der Waals surface area (Å²) in [6, 6.07) is 17.1.